The average Bonchev–Trinajstić information content (AvgIpc) is 2.57. The van der Waals surface area contributed by atoms with Gasteiger partial charge in [-0.3, -0.25) is 4.79 Å². The second-order valence-electron chi connectivity index (χ2n) is 5.35. The zero-order valence-electron chi connectivity index (χ0n) is 12.5. The van der Waals surface area contributed by atoms with Crippen LogP contribution in [0.4, 0.5) is 0 Å². The van der Waals surface area contributed by atoms with Crippen LogP contribution in [0.2, 0.25) is 0 Å². The molecular formula is C16H15NO6S. The van der Waals surface area contributed by atoms with E-state index in [4.69, 9.17) is 14.9 Å². The Hall–Kier alpha value is -2.42. The number of fused-ring (bicyclic) bond motifs is 2. The van der Waals surface area contributed by atoms with E-state index in [2.05, 4.69) is 0 Å². The van der Waals surface area contributed by atoms with Gasteiger partial charge in [-0.2, -0.15) is 4.72 Å². The highest BCUT2D eigenvalue weighted by Crippen LogP contribution is 2.37. The summed E-state index contributed by atoms with van der Waals surface area (Å²) in [5.74, 6) is -0.161. The molecular weight excluding hydrogens is 334 g/mol. The van der Waals surface area contributed by atoms with Crippen LogP contribution in [0.1, 0.15) is 11.1 Å². The van der Waals surface area contributed by atoms with E-state index in [1.165, 1.54) is 18.2 Å². The van der Waals surface area contributed by atoms with Gasteiger partial charge in [-0.15, -0.1) is 0 Å². The lowest BCUT2D eigenvalue weighted by Crippen LogP contribution is -2.43. The number of carboxylic acid groups (broad SMARTS) is 1. The molecule has 3 N–H and O–H groups in total. The maximum absolute atomic E-state index is 12.3. The molecule has 8 heteroatoms. The number of carboxylic acids is 1. The van der Waals surface area contributed by atoms with Crippen molar-refractivity contribution in [3.63, 3.8) is 0 Å². The smallest absolute Gasteiger partial charge is 0.324 e. The largest absolute Gasteiger partial charge is 0.480 e. The van der Waals surface area contributed by atoms with Gasteiger partial charge in [0.2, 0.25) is 10.0 Å². The third-order valence-electron chi connectivity index (χ3n) is 3.69. The number of rotatable bonds is 5. The Balaban J connectivity index is 1.91. The first-order chi connectivity index (χ1) is 11.4. The molecule has 2 aromatic carbocycles. The van der Waals surface area contributed by atoms with E-state index in [1.54, 1.807) is 0 Å². The molecule has 3 rings (SSSR count). The summed E-state index contributed by atoms with van der Waals surface area (Å²) >= 11 is 0. The summed E-state index contributed by atoms with van der Waals surface area (Å²) < 4.78 is 32.3. The molecule has 0 saturated carbocycles. The quantitative estimate of drug-likeness (QED) is 0.636. The summed E-state index contributed by atoms with van der Waals surface area (Å²) in [5, 5.41) is 17.9. The molecule has 1 heterocycles. The number of ether oxygens (including phenoxy) is 1. The molecule has 1 atom stereocenters. The van der Waals surface area contributed by atoms with Crippen LogP contribution in [0.3, 0.4) is 0 Å². The van der Waals surface area contributed by atoms with Gasteiger partial charge >= 0.3 is 5.97 Å². The Morgan fingerprint density at radius 2 is 1.88 bits per heavy atom. The topological polar surface area (TPSA) is 113 Å². The van der Waals surface area contributed by atoms with Gasteiger partial charge in [0.05, 0.1) is 11.5 Å². The van der Waals surface area contributed by atoms with Crippen molar-refractivity contribution in [3.8, 4) is 11.5 Å². The van der Waals surface area contributed by atoms with Crippen LogP contribution < -0.4 is 9.46 Å². The Labute approximate surface area is 138 Å². The van der Waals surface area contributed by atoms with Gasteiger partial charge in [-0.25, -0.2) is 8.42 Å². The monoisotopic (exact) mass is 349 g/mol. The second kappa shape index (κ2) is 6.23. The Bertz CT molecular complexity index is 893. The maximum Gasteiger partial charge on any atom is 0.324 e. The zero-order chi connectivity index (χ0) is 17.3. The van der Waals surface area contributed by atoms with Crippen molar-refractivity contribution in [2.45, 2.75) is 17.4 Å². The Morgan fingerprint density at radius 3 is 2.58 bits per heavy atom. The number of carbonyl (C=O) groups is 1. The van der Waals surface area contributed by atoms with Gasteiger partial charge in [-0.05, 0) is 29.8 Å². The molecule has 0 fully saturated rings. The van der Waals surface area contributed by atoms with Crippen molar-refractivity contribution in [2.24, 2.45) is 0 Å². The Kier molecular flexibility index (Phi) is 4.27. The van der Waals surface area contributed by atoms with E-state index < -0.39 is 28.6 Å². The maximum atomic E-state index is 12.3. The lowest BCUT2D eigenvalue weighted by Gasteiger charge is -2.21. The fourth-order valence-electron chi connectivity index (χ4n) is 2.45. The number of aliphatic carboxylic acids is 1. The highest BCUT2D eigenvalue weighted by atomic mass is 32.2. The van der Waals surface area contributed by atoms with E-state index in [0.717, 1.165) is 11.3 Å². The number of benzene rings is 2. The van der Waals surface area contributed by atoms with Gasteiger partial charge in [0, 0.05) is 12.0 Å². The molecule has 7 nitrogen and oxygen atoms in total. The minimum absolute atomic E-state index is 0.0797. The van der Waals surface area contributed by atoms with Crippen LogP contribution in [0.25, 0.3) is 0 Å². The summed E-state index contributed by atoms with van der Waals surface area (Å²) in [5.41, 5.74) is 1.62. The predicted octanol–water partition coefficient (Wildman–Crippen LogP) is 1.11. The molecule has 24 heavy (non-hydrogen) atoms. The van der Waals surface area contributed by atoms with E-state index in [-0.39, 0.29) is 4.90 Å². The minimum Gasteiger partial charge on any atom is -0.480 e. The molecule has 0 saturated heterocycles. The summed E-state index contributed by atoms with van der Waals surface area (Å²) in [6.07, 6.45) is 0.511. The molecule has 0 radical (unpaired) electrons. The molecule has 0 bridgehead atoms. The normalized spacial score (nSPS) is 14.2. The highest BCUT2D eigenvalue weighted by Gasteiger charge is 2.26. The van der Waals surface area contributed by atoms with Crippen molar-refractivity contribution in [3.05, 3.63) is 53.6 Å². The van der Waals surface area contributed by atoms with Crippen LogP contribution in [0.5, 0.6) is 11.5 Å². The lowest BCUT2D eigenvalue weighted by atomic mass is 10.0. The molecule has 0 aromatic heterocycles. The van der Waals surface area contributed by atoms with Crippen LogP contribution in [0, 0.1) is 0 Å². The molecule has 1 aliphatic rings. The number of para-hydroxylation sites is 1. The molecule has 2 aromatic rings. The number of aliphatic hydroxyl groups is 1. The van der Waals surface area contributed by atoms with Crippen molar-refractivity contribution in [1.82, 2.24) is 4.72 Å². The molecule has 0 aliphatic carbocycles. The third kappa shape index (κ3) is 3.12. The minimum atomic E-state index is -4.07. The molecule has 0 unspecified atom stereocenters. The standard InChI is InChI=1S/C16H15NO6S/c18-9-13(16(19)20)17-24(21,22)12-5-6-15-11(8-12)7-10-3-1-2-4-14(10)23-15/h1-6,8,13,17-18H,7,9H2,(H,19,20)/t13-/m1/s1. The van der Waals surface area contributed by atoms with Crippen LogP contribution >= 0.6 is 0 Å². The van der Waals surface area contributed by atoms with Gasteiger partial charge in [0.1, 0.15) is 17.5 Å². The summed E-state index contributed by atoms with van der Waals surface area (Å²) in [7, 11) is -4.07. The van der Waals surface area contributed by atoms with E-state index in [9.17, 15) is 13.2 Å². The summed E-state index contributed by atoms with van der Waals surface area (Å²) in [4.78, 5) is 10.8. The van der Waals surface area contributed by atoms with E-state index in [1.807, 2.05) is 29.0 Å². The first-order valence-electron chi connectivity index (χ1n) is 7.15. The average molecular weight is 349 g/mol. The number of hydrogen-bond acceptors (Lipinski definition) is 5. The van der Waals surface area contributed by atoms with Gasteiger partial charge in [0.15, 0.2) is 0 Å². The zero-order valence-corrected chi connectivity index (χ0v) is 13.3. The summed E-state index contributed by atoms with van der Waals surface area (Å²) in [6.45, 7) is -0.837. The predicted molar refractivity (Wildman–Crippen MR) is 84.6 cm³/mol. The van der Waals surface area contributed by atoms with E-state index in [0.29, 0.717) is 17.7 Å². The van der Waals surface area contributed by atoms with Gasteiger partial charge in [0.25, 0.3) is 0 Å². The molecule has 1 aliphatic heterocycles. The number of sulfonamides is 1. The fraction of sp³-hybridized carbons (Fsp3) is 0.188. The van der Waals surface area contributed by atoms with Crippen molar-refractivity contribution >= 4 is 16.0 Å². The van der Waals surface area contributed by atoms with Crippen LogP contribution in [-0.4, -0.2) is 37.2 Å². The number of aliphatic hydroxyl groups excluding tert-OH is 1. The van der Waals surface area contributed by atoms with Crippen LogP contribution in [0.15, 0.2) is 47.4 Å². The van der Waals surface area contributed by atoms with Crippen molar-refractivity contribution < 1.29 is 28.2 Å². The SMILES string of the molecule is O=C(O)[C@@H](CO)NS(=O)(=O)c1ccc2c(c1)Cc1ccccc1O2. The molecule has 0 amide bonds. The number of nitrogens with one attached hydrogen (secondary N) is 1. The van der Waals surface area contributed by atoms with Crippen molar-refractivity contribution in [2.75, 3.05) is 6.61 Å². The number of hydrogen-bond donors (Lipinski definition) is 3. The van der Waals surface area contributed by atoms with Crippen molar-refractivity contribution in [1.29, 1.82) is 0 Å². The van der Waals surface area contributed by atoms with Gasteiger partial charge in [-0.1, -0.05) is 18.2 Å². The Morgan fingerprint density at radius 1 is 1.17 bits per heavy atom. The summed E-state index contributed by atoms with van der Waals surface area (Å²) in [6, 6.07) is 10.2. The highest BCUT2D eigenvalue weighted by molar-refractivity contribution is 7.89. The van der Waals surface area contributed by atoms with E-state index >= 15 is 0 Å². The first kappa shape index (κ1) is 16.4. The molecule has 126 valence electrons. The first-order valence-corrected chi connectivity index (χ1v) is 8.64. The van der Waals surface area contributed by atoms with Gasteiger partial charge < -0.3 is 14.9 Å². The fourth-order valence-corrected chi connectivity index (χ4v) is 3.69. The van der Waals surface area contributed by atoms with Crippen LogP contribution in [-0.2, 0) is 21.2 Å². The molecule has 0 spiro atoms. The lowest BCUT2D eigenvalue weighted by molar-refractivity contribution is -0.139. The third-order valence-corrected chi connectivity index (χ3v) is 5.16. The second-order valence-corrected chi connectivity index (χ2v) is 7.06.